The first-order valence-electron chi connectivity index (χ1n) is 6.51. The van der Waals surface area contributed by atoms with Gasteiger partial charge in [0.25, 0.3) is 0 Å². The average Bonchev–Trinajstić information content (AvgIpc) is 2.77. The molecule has 112 valence electrons. The molecule has 1 atom stereocenters. The van der Waals surface area contributed by atoms with Gasteiger partial charge in [0, 0.05) is 11.5 Å². The number of thioether (sulfide) groups is 1. The Labute approximate surface area is 136 Å². The van der Waals surface area contributed by atoms with Gasteiger partial charge in [0.2, 0.25) is 5.91 Å². The Morgan fingerprint density at radius 1 is 1.38 bits per heavy atom. The Morgan fingerprint density at radius 2 is 2.05 bits per heavy atom. The second-order valence-electron chi connectivity index (χ2n) is 4.72. The maximum atomic E-state index is 12.0. The van der Waals surface area contributed by atoms with Crippen LogP contribution in [0.5, 0.6) is 0 Å². The van der Waals surface area contributed by atoms with Crippen molar-refractivity contribution in [2.45, 2.75) is 25.0 Å². The fourth-order valence-electron chi connectivity index (χ4n) is 1.76. The minimum absolute atomic E-state index is 0.0175. The molecule has 0 aliphatic heterocycles. The molecule has 0 unspecified atom stereocenters. The van der Waals surface area contributed by atoms with E-state index < -0.39 is 0 Å². The van der Waals surface area contributed by atoms with Gasteiger partial charge in [-0.15, -0.1) is 10.2 Å². The van der Waals surface area contributed by atoms with Gasteiger partial charge in [0.1, 0.15) is 5.82 Å². The quantitative estimate of drug-likeness (QED) is 0.824. The van der Waals surface area contributed by atoms with Crippen molar-refractivity contribution in [2.75, 3.05) is 5.75 Å². The van der Waals surface area contributed by atoms with Crippen molar-refractivity contribution in [1.29, 1.82) is 0 Å². The maximum Gasteiger partial charge on any atom is 0.230 e. The maximum absolute atomic E-state index is 12.0. The molecule has 0 bridgehead atoms. The van der Waals surface area contributed by atoms with Crippen LogP contribution in [0.1, 0.15) is 24.4 Å². The zero-order valence-corrected chi connectivity index (χ0v) is 14.5. The largest absolute Gasteiger partial charge is 0.349 e. The van der Waals surface area contributed by atoms with Crippen LogP contribution >= 0.6 is 27.7 Å². The van der Waals surface area contributed by atoms with Crippen LogP contribution in [0.15, 0.2) is 33.9 Å². The van der Waals surface area contributed by atoms with E-state index in [-0.39, 0.29) is 11.9 Å². The van der Waals surface area contributed by atoms with Gasteiger partial charge in [0.15, 0.2) is 5.16 Å². The summed E-state index contributed by atoms with van der Waals surface area (Å²) in [5, 5.41) is 11.7. The van der Waals surface area contributed by atoms with E-state index in [9.17, 15) is 4.79 Å². The molecule has 1 aromatic carbocycles. The van der Waals surface area contributed by atoms with Crippen molar-refractivity contribution in [3.63, 3.8) is 0 Å². The average molecular weight is 369 g/mol. The highest BCUT2D eigenvalue weighted by Gasteiger charge is 2.12. The van der Waals surface area contributed by atoms with Gasteiger partial charge in [-0.1, -0.05) is 39.8 Å². The zero-order chi connectivity index (χ0) is 15.4. The number of hydrogen-bond acceptors (Lipinski definition) is 4. The summed E-state index contributed by atoms with van der Waals surface area (Å²) in [7, 11) is 1.89. The lowest BCUT2D eigenvalue weighted by Crippen LogP contribution is -2.28. The van der Waals surface area contributed by atoms with Gasteiger partial charge in [-0.25, -0.2) is 0 Å². The molecule has 0 saturated heterocycles. The fraction of sp³-hybridized carbons (Fsp3) is 0.357. The SMILES string of the molecule is Cc1nnc(SCC(=O)N[C@@H](C)c2ccc(Br)cc2)n1C. The number of hydrogen-bond donors (Lipinski definition) is 1. The molecule has 1 N–H and O–H groups in total. The van der Waals surface area contributed by atoms with E-state index >= 15 is 0 Å². The molecule has 0 fully saturated rings. The van der Waals surface area contributed by atoms with E-state index in [1.165, 1.54) is 11.8 Å². The predicted molar refractivity (Wildman–Crippen MR) is 87.2 cm³/mol. The first-order valence-corrected chi connectivity index (χ1v) is 8.29. The number of nitrogens with zero attached hydrogens (tertiary/aromatic N) is 3. The lowest BCUT2D eigenvalue weighted by atomic mass is 10.1. The minimum Gasteiger partial charge on any atom is -0.349 e. The summed E-state index contributed by atoms with van der Waals surface area (Å²) in [6, 6.07) is 7.90. The Bertz CT molecular complexity index is 626. The van der Waals surface area contributed by atoms with Crippen LogP contribution in [0.2, 0.25) is 0 Å². The summed E-state index contributed by atoms with van der Waals surface area (Å²) < 4.78 is 2.90. The normalized spacial score (nSPS) is 12.2. The van der Waals surface area contributed by atoms with Crippen LogP contribution in [0.25, 0.3) is 0 Å². The first kappa shape index (κ1) is 16.0. The van der Waals surface area contributed by atoms with Crippen LogP contribution in [0.4, 0.5) is 0 Å². The number of carbonyl (C=O) groups excluding carboxylic acids is 1. The molecule has 0 saturated carbocycles. The fourth-order valence-corrected chi connectivity index (χ4v) is 2.79. The summed E-state index contributed by atoms with van der Waals surface area (Å²) in [6.45, 7) is 3.85. The van der Waals surface area contributed by atoms with E-state index in [1.807, 2.05) is 49.7 Å². The van der Waals surface area contributed by atoms with E-state index in [4.69, 9.17) is 0 Å². The zero-order valence-electron chi connectivity index (χ0n) is 12.1. The van der Waals surface area contributed by atoms with Gasteiger partial charge in [-0.2, -0.15) is 0 Å². The molecule has 2 rings (SSSR count). The second kappa shape index (κ2) is 7.09. The molecule has 1 amide bonds. The number of amides is 1. The highest BCUT2D eigenvalue weighted by atomic mass is 79.9. The molecule has 0 radical (unpaired) electrons. The Kier molecular flexibility index (Phi) is 5.41. The van der Waals surface area contributed by atoms with Crippen molar-refractivity contribution in [2.24, 2.45) is 7.05 Å². The molecular weight excluding hydrogens is 352 g/mol. The molecule has 5 nitrogen and oxygen atoms in total. The predicted octanol–water partition coefficient (Wildman–Crippen LogP) is 2.86. The Hall–Kier alpha value is -1.34. The summed E-state index contributed by atoms with van der Waals surface area (Å²) in [5.74, 6) is 1.14. The van der Waals surface area contributed by atoms with Gasteiger partial charge >= 0.3 is 0 Å². The van der Waals surface area contributed by atoms with Crippen LogP contribution < -0.4 is 5.32 Å². The number of aryl methyl sites for hydroxylation is 1. The summed E-state index contributed by atoms with van der Waals surface area (Å²) >= 11 is 4.78. The van der Waals surface area contributed by atoms with E-state index in [0.717, 1.165) is 21.0 Å². The highest BCUT2D eigenvalue weighted by molar-refractivity contribution is 9.10. The topological polar surface area (TPSA) is 59.8 Å². The smallest absolute Gasteiger partial charge is 0.230 e. The third kappa shape index (κ3) is 4.31. The monoisotopic (exact) mass is 368 g/mol. The van der Waals surface area contributed by atoms with Crippen LogP contribution in [-0.4, -0.2) is 26.4 Å². The molecule has 0 spiro atoms. The third-order valence-electron chi connectivity index (χ3n) is 3.13. The number of carbonyl (C=O) groups is 1. The van der Waals surface area contributed by atoms with Crippen LogP contribution in [-0.2, 0) is 11.8 Å². The highest BCUT2D eigenvalue weighted by Crippen LogP contribution is 2.18. The second-order valence-corrected chi connectivity index (χ2v) is 6.58. The van der Waals surface area contributed by atoms with Gasteiger partial charge in [-0.3, -0.25) is 4.79 Å². The summed E-state index contributed by atoms with van der Waals surface area (Å²) in [4.78, 5) is 12.0. The number of aromatic nitrogens is 3. The molecule has 21 heavy (non-hydrogen) atoms. The van der Waals surface area contributed by atoms with Crippen molar-refractivity contribution in [1.82, 2.24) is 20.1 Å². The number of rotatable bonds is 5. The lowest BCUT2D eigenvalue weighted by molar-refractivity contribution is -0.119. The summed E-state index contributed by atoms with van der Waals surface area (Å²) in [6.07, 6.45) is 0. The van der Waals surface area contributed by atoms with Crippen molar-refractivity contribution in [3.8, 4) is 0 Å². The van der Waals surface area contributed by atoms with E-state index in [0.29, 0.717) is 5.75 Å². The van der Waals surface area contributed by atoms with Crippen molar-refractivity contribution >= 4 is 33.6 Å². The van der Waals surface area contributed by atoms with E-state index in [2.05, 4.69) is 31.4 Å². The van der Waals surface area contributed by atoms with Crippen molar-refractivity contribution < 1.29 is 4.79 Å². The molecular formula is C14H17BrN4OS. The third-order valence-corrected chi connectivity index (χ3v) is 4.68. The van der Waals surface area contributed by atoms with Gasteiger partial charge in [-0.05, 0) is 31.5 Å². The van der Waals surface area contributed by atoms with Crippen LogP contribution in [0.3, 0.4) is 0 Å². The standard InChI is InChI=1S/C14H17BrN4OS/c1-9(11-4-6-12(15)7-5-11)16-13(20)8-21-14-18-17-10(2)19(14)3/h4-7,9H,8H2,1-3H3,(H,16,20)/t9-/m0/s1. The van der Waals surface area contributed by atoms with E-state index in [1.54, 1.807) is 0 Å². The Morgan fingerprint density at radius 3 is 2.62 bits per heavy atom. The lowest BCUT2D eigenvalue weighted by Gasteiger charge is -2.14. The summed E-state index contributed by atoms with van der Waals surface area (Å²) in [5.41, 5.74) is 1.08. The number of benzene rings is 1. The minimum atomic E-state index is -0.0209. The van der Waals surface area contributed by atoms with Gasteiger partial charge < -0.3 is 9.88 Å². The molecule has 2 aromatic rings. The van der Waals surface area contributed by atoms with Gasteiger partial charge in [0.05, 0.1) is 11.8 Å². The molecule has 0 aliphatic rings. The molecule has 1 aromatic heterocycles. The molecule has 1 heterocycles. The molecule has 0 aliphatic carbocycles. The van der Waals surface area contributed by atoms with Crippen molar-refractivity contribution in [3.05, 3.63) is 40.1 Å². The molecule has 7 heteroatoms. The first-order chi connectivity index (χ1) is 9.97. The number of halogens is 1. The van der Waals surface area contributed by atoms with Crippen LogP contribution in [0, 0.1) is 6.92 Å². The number of nitrogens with one attached hydrogen (secondary N) is 1. The Balaban J connectivity index is 1.87.